The van der Waals surface area contributed by atoms with Crippen LogP contribution in [0.5, 0.6) is 0 Å². The van der Waals surface area contributed by atoms with Crippen LogP contribution in [0.2, 0.25) is 0 Å². The van der Waals surface area contributed by atoms with E-state index in [1.165, 1.54) is 6.33 Å². The molecule has 1 N–H and O–H groups in total. The highest BCUT2D eigenvalue weighted by molar-refractivity contribution is 7.59. The lowest BCUT2D eigenvalue weighted by Crippen LogP contribution is -1.68. The largest absolute Gasteiger partial charge is 0.264 e. The van der Waals surface area contributed by atoms with Gasteiger partial charge < -0.3 is 0 Å². The molecule has 0 aliphatic rings. The zero-order valence-electron chi connectivity index (χ0n) is 5.97. The molecule has 4 heteroatoms. The van der Waals surface area contributed by atoms with E-state index in [9.17, 15) is 0 Å². The fraction of sp³-hybridized carbons (Fsp3) is 0.600. The maximum absolute atomic E-state index is 3.75. The van der Waals surface area contributed by atoms with Crippen LogP contribution in [0.1, 0.15) is 21.1 Å². The number of aryl methyl sites for hydroxylation is 1. The molecule has 9 heavy (non-hydrogen) atoms. The molecule has 0 atom stereocenters. The van der Waals surface area contributed by atoms with Gasteiger partial charge in [0.2, 0.25) is 0 Å². The van der Waals surface area contributed by atoms with Crippen LogP contribution in [0.15, 0.2) is 6.33 Å². The third-order valence-electron chi connectivity index (χ3n) is 0.535. The van der Waals surface area contributed by atoms with Crippen molar-refractivity contribution in [3.8, 4) is 0 Å². The Morgan fingerprint density at radius 3 is 2.22 bits per heavy atom. The van der Waals surface area contributed by atoms with Crippen LogP contribution in [-0.2, 0) is 0 Å². The van der Waals surface area contributed by atoms with Crippen molar-refractivity contribution in [2.24, 2.45) is 0 Å². The van der Waals surface area contributed by atoms with Crippen LogP contribution in [0.25, 0.3) is 0 Å². The topological polar surface area (TPSA) is 41.6 Å². The molecule has 0 saturated carbocycles. The second-order valence-corrected chi connectivity index (χ2v) is 1.07. The number of hydrogen-bond acceptors (Lipinski definition) is 2. The summed E-state index contributed by atoms with van der Waals surface area (Å²) in [6.07, 6.45) is 1.48. The molecule has 0 fully saturated rings. The normalized spacial score (nSPS) is 6.56. The van der Waals surface area contributed by atoms with Gasteiger partial charge in [-0.05, 0) is 6.92 Å². The number of aromatic amines is 1. The Labute approximate surface area is 63.8 Å². The number of nitrogens with one attached hydrogen (secondary N) is 1. The monoisotopic (exact) mass is 149 g/mol. The maximum atomic E-state index is 3.75. The highest BCUT2D eigenvalue weighted by atomic mass is 32.1. The second-order valence-electron chi connectivity index (χ2n) is 1.07. The fourth-order valence-corrected chi connectivity index (χ4v) is 0.267. The van der Waals surface area contributed by atoms with Crippen molar-refractivity contribution in [2.75, 3.05) is 0 Å². The van der Waals surface area contributed by atoms with Crippen molar-refractivity contribution in [3.05, 3.63) is 12.2 Å². The first-order valence-corrected chi connectivity index (χ1v) is 2.71. The molecule has 1 aromatic heterocycles. The Kier molecular flexibility index (Phi) is 9.41. The van der Waals surface area contributed by atoms with Gasteiger partial charge in [-0.3, -0.25) is 5.10 Å². The zero-order chi connectivity index (χ0) is 6.41. The van der Waals surface area contributed by atoms with Crippen LogP contribution in [0, 0.1) is 6.92 Å². The number of H-pyrrole nitrogens is 1. The number of nitrogens with zero attached hydrogens (tertiary/aromatic N) is 2. The molecule has 0 saturated heterocycles. The van der Waals surface area contributed by atoms with E-state index in [0.29, 0.717) is 0 Å². The summed E-state index contributed by atoms with van der Waals surface area (Å²) in [5.41, 5.74) is 0. The van der Waals surface area contributed by atoms with E-state index in [1.54, 1.807) is 0 Å². The van der Waals surface area contributed by atoms with E-state index in [4.69, 9.17) is 0 Å². The molecule has 3 nitrogen and oxygen atoms in total. The predicted molar refractivity (Wildman–Crippen MR) is 45.0 cm³/mol. The Morgan fingerprint density at radius 1 is 1.56 bits per heavy atom. The molecule has 0 aromatic carbocycles. The van der Waals surface area contributed by atoms with Gasteiger partial charge in [0.1, 0.15) is 12.2 Å². The Hall–Kier alpha value is -0.510. The number of rotatable bonds is 0. The molecule has 0 unspecified atom stereocenters. The summed E-state index contributed by atoms with van der Waals surface area (Å²) in [6.45, 7) is 5.85. The summed E-state index contributed by atoms with van der Waals surface area (Å²) in [6, 6.07) is 0. The van der Waals surface area contributed by atoms with Gasteiger partial charge in [0.05, 0.1) is 0 Å². The van der Waals surface area contributed by atoms with E-state index in [-0.39, 0.29) is 14.9 Å². The Balaban J connectivity index is -0.000000114. The maximum Gasteiger partial charge on any atom is 0.137 e. The van der Waals surface area contributed by atoms with Gasteiger partial charge in [-0.25, -0.2) is 4.98 Å². The van der Waals surface area contributed by atoms with Crippen molar-refractivity contribution in [2.45, 2.75) is 20.8 Å². The van der Waals surface area contributed by atoms with Gasteiger partial charge in [-0.2, -0.15) is 18.6 Å². The molecular formula is C5H15N3S. The Morgan fingerprint density at radius 2 is 2.11 bits per heavy atom. The lowest BCUT2D eigenvalue weighted by molar-refractivity contribution is 1.04. The van der Waals surface area contributed by atoms with E-state index < -0.39 is 0 Å². The molecule has 0 aliphatic carbocycles. The van der Waals surface area contributed by atoms with E-state index in [2.05, 4.69) is 15.2 Å². The molecule has 1 aromatic rings. The zero-order valence-corrected chi connectivity index (χ0v) is 6.97. The molecule has 0 amide bonds. The first-order valence-electron chi connectivity index (χ1n) is 2.71. The lowest BCUT2D eigenvalue weighted by Gasteiger charge is -1.66. The van der Waals surface area contributed by atoms with Crippen LogP contribution in [0.4, 0.5) is 0 Å². The van der Waals surface area contributed by atoms with Crippen LogP contribution < -0.4 is 0 Å². The van der Waals surface area contributed by atoms with Gasteiger partial charge in [0.15, 0.2) is 0 Å². The molecule has 0 aliphatic heterocycles. The first-order chi connectivity index (χ1) is 3.89. The average molecular weight is 149 g/mol. The molecule has 0 radical (unpaired) electrons. The van der Waals surface area contributed by atoms with Crippen molar-refractivity contribution in [1.29, 1.82) is 0 Å². The van der Waals surface area contributed by atoms with Crippen LogP contribution in [-0.4, -0.2) is 15.2 Å². The third-order valence-corrected chi connectivity index (χ3v) is 0.535. The van der Waals surface area contributed by atoms with Crippen LogP contribution >= 0.6 is 13.5 Å². The van der Waals surface area contributed by atoms with Crippen molar-refractivity contribution >= 4 is 13.5 Å². The lowest BCUT2D eigenvalue weighted by atomic mass is 10.8. The molecule has 1 heterocycles. The minimum absolute atomic E-state index is 0. The van der Waals surface area contributed by atoms with Crippen LogP contribution in [0.3, 0.4) is 0 Å². The average Bonchev–Trinajstić information content (AvgIpc) is 2.24. The number of hydrogen-bond donors (Lipinski definition) is 1. The standard InChI is InChI=1S/C3H5N3.C2H6.H2S.H2/c1-3-4-2-5-6-3;1-2;;/h2H,1H3,(H,4,5,6);1-2H3;1H2;1H. The quantitative estimate of drug-likeness (QED) is 0.607. The van der Waals surface area contributed by atoms with E-state index in [0.717, 1.165) is 5.82 Å². The second kappa shape index (κ2) is 7.49. The number of aromatic nitrogens is 3. The van der Waals surface area contributed by atoms with Gasteiger partial charge in [0.25, 0.3) is 0 Å². The summed E-state index contributed by atoms with van der Waals surface area (Å²) < 4.78 is 0. The smallest absolute Gasteiger partial charge is 0.137 e. The third kappa shape index (κ3) is 5.36. The molecule has 0 bridgehead atoms. The molecule has 56 valence electrons. The predicted octanol–water partition coefficient (Wildman–Crippen LogP) is 1.50. The fourth-order valence-electron chi connectivity index (χ4n) is 0.267. The van der Waals surface area contributed by atoms with E-state index in [1.807, 2.05) is 20.8 Å². The minimum Gasteiger partial charge on any atom is -0.264 e. The first kappa shape index (κ1) is 11.3. The van der Waals surface area contributed by atoms with Gasteiger partial charge in [-0.15, -0.1) is 0 Å². The summed E-state index contributed by atoms with van der Waals surface area (Å²) in [5.74, 6) is 0.856. The van der Waals surface area contributed by atoms with Crippen molar-refractivity contribution < 1.29 is 1.43 Å². The van der Waals surface area contributed by atoms with Crippen molar-refractivity contribution in [1.82, 2.24) is 15.2 Å². The Bertz CT molecular complexity index is 120. The SMILES string of the molecule is CC.Cc1ncn[nH]1.S.[HH]. The molecule has 1 rings (SSSR count). The van der Waals surface area contributed by atoms with Gasteiger partial charge in [0, 0.05) is 1.43 Å². The van der Waals surface area contributed by atoms with E-state index >= 15 is 0 Å². The summed E-state index contributed by atoms with van der Waals surface area (Å²) in [4.78, 5) is 3.75. The molecular weight excluding hydrogens is 134 g/mol. The minimum atomic E-state index is 0. The molecule has 0 spiro atoms. The highest BCUT2D eigenvalue weighted by Crippen LogP contribution is 1.73. The van der Waals surface area contributed by atoms with Gasteiger partial charge in [-0.1, -0.05) is 13.8 Å². The summed E-state index contributed by atoms with van der Waals surface area (Å²) in [5, 5.41) is 6.22. The van der Waals surface area contributed by atoms with Gasteiger partial charge >= 0.3 is 0 Å². The summed E-state index contributed by atoms with van der Waals surface area (Å²) in [7, 11) is 0. The highest BCUT2D eigenvalue weighted by Gasteiger charge is 1.75. The summed E-state index contributed by atoms with van der Waals surface area (Å²) >= 11 is 0. The van der Waals surface area contributed by atoms with Crippen molar-refractivity contribution in [3.63, 3.8) is 0 Å².